The number of anilines is 1. The van der Waals surface area contributed by atoms with Crippen molar-refractivity contribution in [2.45, 2.75) is 45.2 Å². The van der Waals surface area contributed by atoms with Gasteiger partial charge in [-0.1, -0.05) is 31.5 Å². The van der Waals surface area contributed by atoms with E-state index in [9.17, 15) is 0 Å². The number of hydrogen-bond acceptors (Lipinski definition) is 3. The summed E-state index contributed by atoms with van der Waals surface area (Å²) in [6, 6.07) is 9.94. The lowest BCUT2D eigenvalue weighted by Gasteiger charge is -2.41. The third-order valence-electron chi connectivity index (χ3n) is 4.16. The predicted octanol–water partition coefficient (Wildman–Crippen LogP) is 2.84. The molecule has 1 aliphatic rings. The molecule has 0 saturated carbocycles. The number of benzene rings is 1. The van der Waals surface area contributed by atoms with E-state index in [1.165, 1.54) is 24.1 Å². The molecule has 1 fully saturated rings. The van der Waals surface area contributed by atoms with Crippen molar-refractivity contribution < 1.29 is 4.74 Å². The van der Waals surface area contributed by atoms with Crippen LogP contribution in [0.3, 0.4) is 0 Å². The summed E-state index contributed by atoms with van der Waals surface area (Å²) in [4.78, 5) is 2.57. The fraction of sp³-hybridized carbons (Fsp3) is 0.647. The third kappa shape index (κ3) is 3.74. The summed E-state index contributed by atoms with van der Waals surface area (Å²) in [5.74, 6) is 0. The Morgan fingerprint density at radius 1 is 1.35 bits per heavy atom. The Balaban J connectivity index is 2.15. The van der Waals surface area contributed by atoms with Gasteiger partial charge in [-0.25, -0.2) is 0 Å². The van der Waals surface area contributed by atoms with Gasteiger partial charge in [0.1, 0.15) is 0 Å². The molecule has 3 nitrogen and oxygen atoms in total. The zero-order chi connectivity index (χ0) is 14.4. The molecule has 0 bridgehead atoms. The minimum atomic E-state index is 0.548. The second kappa shape index (κ2) is 7.65. The van der Waals surface area contributed by atoms with Gasteiger partial charge in [0, 0.05) is 38.0 Å². The van der Waals surface area contributed by atoms with Crippen LogP contribution in [-0.4, -0.2) is 38.9 Å². The van der Waals surface area contributed by atoms with E-state index in [1.807, 2.05) is 0 Å². The van der Waals surface area contributed by atoms with Gasteiger partial charge >= 0.3 is 0 Å². The molecule has 3 heteroatoms. The Morgan fingerprint density at radius 3 is 2.90 bits per heavy atom. The normalized spacial score (nSPS) is 23.1. The van der Waals surface area contributed by atoms with E-state index in [0.717, 1.165) is 26.1 Å². The summed E-state index contributed by atoms with van der Waals surface area (Å²) in [6.45, 7) is 7.54. The molecule has 0 amide bonds. The molecule has 0 aliphatic carbocycles. The molecule has 0 spiro atoms. The van der Waals surface area contributed by atoms with Gasteiger partial charge in [0.25, 0.3) is 0 Å². The molecule has 2 unspecified atom stereocenters. The van der Waals surface area contributed by atoms with Crippen molar-refractivity contribution in [1.29, 1.82) is 0 Å². The van der Waals surface area contributed by atoms with Crippen LogP contribution in [0.2, 0.25) is 0 Å². The van der Waals surface area contributed by atoms with E-state index >= 15 is 0 Å². The van der Waals surface area contributed by atoms with Crippen LogP contribution in [0.1, 0.15) is 32.3 Å². The second-order valence-corrected chi connectivity index (χ2v) is 5.77. The van der Waals surface area contributed by atoms with Crippen LogP contribution in [0.25, 0.3) is 0 Å². The topological polar surface area (TPSA) is 24.5 Å². The predicted molar refractivity (Wildman–Crippen MR) is 85.5 cm³/mol. The summed E-state index contributed by atoms with van der Waals surface area (Å²) < 4.78 is 5.24. The summed E-state index contributed by atoms with van der Waals surface area (Å²) in [6.07, 6.45) is 3.48. The molecule has 1 heterocycles. The standard InChI is InChI=1S/C17H28N2O/c1-4-7-16-13-19(14(2)12-18-16)17-9-6-5-8-15(17)10-11-20-3/h5-6,8-9,14,16,18H,4,7,10-13H2,1-3H3. The van der Waals surface area contributed by atoms with Crippen molar-refractivity contribution in [1.82, 2.24) is 5.32 Å². The maximum Gasteiger partial charge on any atom is 0.0503 e. The second-order valence-electron chi connectivity index (χ2n) is 5.77. The Labute approximate surface area is 123 Å². The lowest BCUT2D eigenvalue weighted by Crippen LogP contribution is -2.55. The summed E-state index contributed by atoms with van der Waals surface area (Å²) >= 11 is 0. The van der Waals surface area contributed by atoms with Gasteiger partial charge in [-0.2, -0.15) is 0 Å². The molecule has 0 aromatic heterocycles. The van der Waals surface area contributed by atoms with Crippen LogP contribution in [0.15, 0.2) is 24.3 Å². The highest BCUT2D eigenvalue weighted by atomic mass is 16.5. The summed E-state index contributed by atoms with van der Waals surface area (Å²) in [5, 5.41) is 3.67. The Hall–Kier alpha value is -1.06. The first-order valence-electron chi connectivity index (χ1n) is 7.83. The zero-order valence-electron chi connectivity index (χ0n) is 13.1. The zero-order valence-corrected chi connectivity index (χ0v) is 13.1. The van der Waals surface area contributed by atoms with Gasteiger partial charge in [0.2, 0.25) is 0 Å². The SMILES string of the molecule is CCCC1CN(c2ccccc2CCOC)C(C)CN1. The molecular weight excluding hydrogens is 248 g/mol. The van der Waals surface area contributed by atoms with Gasteiger partial charge < -0.3 is 15.0 Å². The van der Waals surface area contributed by atoms with Crippen LogP contribution in [0.4, 0.5) is 5.69 Å². The van der Waals surface area contributed by atoms with Crippen molar-refractivity contribution in [2.24, 2.45) is 0 Å². The number of piperazine rings is 1. The highest BCUT2D eigenvalue weighted by Crippen LogP contribution is 2.25. The van der Waals surface area contributed by atoms with Crippen LogP contribution >= 0.6 is 0 Å². The van der Waals surface area contributed by atoms with Crippen LogP contribution in [-0.2, 0) is 11.2 Å². The fourth-order valence-electron chi connectivity index (χ4n) is 3.02. The highest BCUT2D eigenvalue weighted by molar-refractivity contribution is 5.55. The van der Waals surface area contributed by atoms with Gasteiger partial charge in [0.05, 0.1) is 6.61 Å². The van der Waals surface area contributed by atoms with Crippen molar-refractivity contribution in [3.63, 3.8) is 0 Å². The van der Waals surface area contributed by atoms with Gasteiger partial charge in [0.15, 0.2) is 0 Å². The maximum atomic E-state index is 5.24. The first-order valence-corrected chi connectivity index (χ1v) is 7.83. The number of methoxy groups -OCH3 is 1. The van der Waals surface area contributed by atoms with E-state index in [4.69, 9.17) is 4.74 Å². The Kier molecular flexibility index (Phi) is 5.86. The number of ether oxygens (including phenoxy) is 1. The number of para-hydroxylation sites is 1. The smallest absolute Gasteiger partial charge is 0.0503 e. The molecule has 1 N–H and O–H groups in total. The first-order chi connectivity index (χ1) is 9.76. The molecular formula is C17H28N2O. The summed E-state index contributed by atoms with van der Waals surface area (Å²) in [7, 11) is 1.77. The van der Waals surface area contributed by atoms with Crippen LogP contribution in [0, 0.1) is 0 Å². The molecule has 20 heavy (non-hydrogen) atoms. The minimum Gasteiger partial charge on any atom is -0.384 e. The van der Waals surface area contributed by atoms with E-state index in [-0.39, 0.29) is 0 Å². The average Bonchev–Trinajstić information content (AvgIpc) is 2.48. The van der Waals surface area contributed by atoms with E-state index in [2.05, 4.69) is 48.3 Å². The number of rotatable bonds is 6. The quantitative estimate of drug-likeness (QED) is 0.864. The van der Waals surface area contributed by atoms with Gasteiger partial charge in [-0.3, -0.25) is 0 Å². The van der Waals surface area contributed by atoms with Gasteiger partial charge in [-0.15, -0.1) is 0 Å². The van der Waals surface area contributed by atoms with Crippen molar-refractivity contribution >= 4 is 5.69 Å². The van der Waals surface area contributed by atoms with Crippen molar-refractivity contribution in [3.8, 4) is 0 Å². The molecule has 112 valence electrons. The van der Waals surface area contributed by atoms with Gasteiger partial charge in [-0.05, 0) is 31.4 Å². The Bertz CT molecular complexity index is 408. The number of nitrogens with one attached hydrogen (secondary N) is 1. The first kappa shape index (κ1) is 15.3. The minimum absolute atomic E-state index is 0.548. The van der Waals surface area contributed by atoms with Crippen LogP contribution < -0.4 is 10.2 Å². The Morgan fingerprint density at radius 2 is 2.15 bits per heavy atom. The molecule has 1 aromatic carbocycles. The maximum absolute atomic E-state index is 5.24. The molecule has 1 saturated heterocycles. The van der Waals surface area contributed by atoms with E-state index in [0.29, 0.717) is 12.1 Å². The lowest BCUT2D eigenvalue weighted by molar-refractivity contribution is 0.202. The molecule has 0 radical (unpaired) electrons. The summed E-state index contributed by atoms with van der Waals surface area (Å²) in [5.41, 5.74) is 2.79. The third-order valence-corrected chi connectivity index (χ3v) is 4.16. The van der Waals surface area contributed by atoms with Crippen LogP contribution in [0.5, 0.6) is 0 Å². The van der Waals surface area contributed by atoms with E-state index in [1.54, 1.807) is 7.11 Å². The average molecular weight is 276 g/mol. The monoisotopic (exact) mass is 276 g/mol. The van der Waals surface area contributed by atoms with Crippen molar-refractivity contribution in [3.05, 3.63) is 29.8 Å². The molecule has 1 aliphatic heterocycles. The molecule has 2 rings (SSSR count). The highest BCUT2D eigenvalue weighted by Gasteiger charge is 2.25. The van der Waals surface area contributed by atoms with E-state index < -0.39 is 0 Å². The molecule has 2 atom stereocenters. The number of hydrogen-bond donors (Lipinski definition) is 1. The number of nitrogens with zero attached hydrogens (tertiary/aromatic N) is 1. The molecule has 1 aromatic rings. The largest absolute Gasteiger partial charge is 0.384 e. The fourth-order valence-corrected chi connectivity index (χ4v) is 3.02. The van der Waals surface area contributed by atoms with Crippen molar-refractivity contribution in [2.75, 3.05) is 31.7 Å². The lowest BCUT2D eigenvalue weighted by atomic mass is 10.0.